The Labute approximate surface area is 170 Å². The second kappa shape index (κ2) is 11.0. The summed E-state index contributed by atoms with van der Waals surface area (Å²) in [5.74, 6) is 0.829. The van der Waals surface area contributed by atoms with Crippen molar-refractivity contribution in [2.45, 2.75) is 50.0 Å². The standard InChI is InChI=1S/C22H28O5S/c1-2-28-22-21(26-15-17-11-7-4-8-12-17)20(19(24)18(13-23)27-22)25-14-16-9-5-3-6-10-16/h3-12,18-24H,2,13-15H2,1H3. The van der Waals surface area contributed by atoms with Gasteiger partial charge in [-0.3, -0.25) is 0 Å². The zero-order valence-electron chi connectivity index (χ0n) is 16.0. The molecule has 0 aliphatic carbocycles. The van der Waals surface area contributed by atoms with Gasteiger partial charge in [0.15, 0.2) is 0 Å². The molecular formula is C22H28O5S. The maximum absolute atomic E-state index is 10.8. The van der Waals surface area contributed by atoms with Crippen LogP contribution in [0.15, 0.2) is 60.7 Å². The Hall–Kier alpha value is -1.41. The van der Waals surface area contributed by atoms with Gasteiger partial charge in [-0.25, -0.2) is 0 Å². The van der Waals surface area contributed by atoms with Crippen LogP contribution >= 0.6 is 11.8 Å². The van der Waals surface area contributed by atoms with Gasteiger partial charge in [-0.2, -0.15) is 0 Å². The minimum absolute atomic E-state index is 0.265. The topological polar surface area (TPSA) is 68.2 Å². The number of hydrogen-bond donors (Lipinski definition) is 2. The lowest BCUT2D eigenvalue weighted by molar-refractivity contribution is -0.237. The lowest BCUT2D eigenvalue weighted by Gasteiger charge is -2.43. The molecule has 0 amide bonds. The Bertz CT molecular complexity index is 640. The first-order valence-electron chi connectivity index (χ1n) is 9.60. The molecule has 5 nitrogen and oxygen atoms in total. The Morgan fingerprint density at radius 1 is 0.893 bits per heavy atom. The van der Waals surface area contributed by atoms with E-state index < -0.39 is 24.4 Å². The first kappa shape index (κ1) is 21.3. The first-order valence-corrected chi connectivity index (χ1v) is 10.6. The van der Waals surface area contributed by atoms with Crippen molar-refractivity contribution in [3.8, 4) is 0 Å². The Balaban J connectivity index is 1.75. The average molecular weight is 405 g/mol. The first-order chi connectivity index (χ1) is 13.7. The summed E-state index contributed by atoms with van der Waals surface area (Å²) in [6.07, 6.45) is -2.71. The molecule has 152 valence electrons. The summed E-state index contributed by atoms with van der Waals surface area (Å²) in [6.45, 7) is 2.53. The summed E-state index contributed by atoms with van der Waals surface area (Å²) in [5, 5.41) is 20.4. The van der Waals surface area contributed by atoms with E-state index in [1.807, 2.05) is 67.6 Å². The van der Waals surface area contributed by atoms with Crippen molar-refractivity contribution in [1.82, 2.24) is 0 Å². The van der Waals surface area contributed by atoms with Crippen molar-refractivity contribution < 1.29 is 24.4 Å². The van der Waals surface area contributed by atoms with E-state index in [4.69, 9.17) is 14.2 Å². The van der Waals surface area contributed by atoms with Crippen molar-refractivity contribution in [3.63, 3.8) is 0 Å². The fraction of sp³-hybridized carbons (Fsp3) is 0.455. The number of ether oxygens (including phenoxy) is 3. The van der Waals surface area contributed by atoms with Gasteiger partial charge in [0.2, 0.25) is 0 Å². The molecule has 2 N–H and O–H groups in total. The maximum Gasteiger partial charge on any atom is 0.132 e. The minimum atomic E-state index is -0.969. The van der Waals surface area contributed by atoms with E-state index in [-0.39, 0.29) is 12.0 Å². The third-order valence-electron chi connectivity index (χ3n) is 4.70. The molecule has 1 aliphatic heterocycles. The third kappa shape index (κ3) is 5.56. The zero-order chi connectivity index (χ0) is 19.8. The SMILES string of the molecule is CCSC1OC(CO)C(O)C(OCc2ccccc2)C1OCc1ccccc1. The lowest BCUT2D eigenvalue weighted by Crippen LogP contribution is -2.59. The Morgan fingerprint density at radius 3 is 1.93 bits per heavy atom. The van der Waals surface area contributed by atoms with Gasteiger partial charge in [-0.05, 0) is 16.9 Å². The van der Waals surface area contributed by atoms with E-state index in [0.717, 1.165) is 16.9 Å². The molecule has 1 aliphatic rings. The second-order valence-corrected chi connectivity index (χ2v) is 8.07. The molecule has 1 heterocycles. The molecule has 0 aromatic heterocycles. The lowest BCUT2D eigenvalue weighted by atomic mass is 9.99. The summed E-state index contributed by atoms with van der Waals surface area (Å²) in [6, 6.07) is 19.7. The number of thioether (sulfide) groups is 1. The zero-order valence-corrected chi connectivity index (χ0v) is 16.8. The van der Waals surface area contributed by atoms with Gasteiger partial charge in [0.1, 0.15) is 29.9 Å². The molecule has 0 saturated carbocycles. The quantitative estimate of drug-likeness (QED) is 0.670. The molecular weight excluding hydrogens is 376 g/mol. The van der Waals surface area contributed by atoms with Crippen LogP contribution in [0.3, 0.4) is 0 Å². The predicted octanol–water partition coefficient (Wildman–Crippen LogP) is 2.99. The van der Waals surface area contributed by atoms with E-state index in [1.165, 1.54) is 0 Å². The Morgan fingerprint density at radius 2 is 1.43 bits per heavy atom. The van der Waals surface area contributed by atoms with Crippen LogP contribution in [0, 0.1) is 0 Å². The van der Waals surface area contributed by atoms with Crippen LogP contribution in [0.25, 0.3) is 0 Å². The minimum Gasteiger partial charge on any atom is -0.394 e. The molecule has 3 rings (SSSR count). The van der Waals surface area contributed by atoms with Crippen molar-refractivity contribution in [1.29, 1.82) is 0 Å². The second-order valence-electron chi connectivity index (χ2n) is 6.69. The van der Waals surface area contributed by atoms with E-state index in [2.05, 4.69) is 0 Å². The highest BCUT2D eigenvalue weighted by molar-refractivity contribution is 7.99. The highest BCUT2D eigenvalue weighted by Crippen LogP contribution is 2.33. The molecule has 2 aromatic rings. The fourth-order valence-corrected chi connectivity index (χ4v) is 4.21. The van der Waals surface area contributed by atoms with Gasteiger partial charge in [0.05, 0.1) is 19.8 Å². The molecule has 1 saturated heterocycles. The van der Waals surface area contributed by atoms with Crippen LogP contribution in [0.1, 0.15) is 18.1 Å². The van der Waals surface area contributed by atoms with Gasteiger partial charge in [0, 0.05) is 0 Å². The highest BCUT2D eigenvalue weighted by Gasteiger charge is 2.46. The summed E-state index contributed by atoms with van der Waals surface area (Å²) in [5.41, 5.74) is 1.74. The molecule has 0 spiro atoms. The smallest absolute Gasteiger partial charge is 0.132 e. The number of benzene rings is 2. The van der Waals surface area contributed by atoms with E-state index in [9.17, 15) is 10.2 Å². The molecule has 28 heavy (non-hydrogen) atoms. The van der Waals surface area contributed by atoms with E-state index in [0.29, 0.717) is 13.2 Å². The normalized spacial score (nSPS) is 27.6. The van der Waals surface area contributed by atoms with Crippen molar-refractivity contribution in [3.05, 3.63) is 71.8 Å². The number of aliphatic hydroxyl groups is 2. The number of hydrogen-bond acceptors (Lipinski definition) is 6. The van der Waals surface area contributed by atoms with Gasteiger partial charge in [-0.15, -0.1) is 11.8 Å². The van der Waals surface area contributed by atoms with Crippen LogP contribution in [0.4, 0.5) is 0 Å². The van der Waals surface area contributed by atoms with E-state index >= 15 is 0 Å². The largest absolute Gasteiger partial charge is 0.394 e. The van der Waals surface area contributed by atoms with Crippen LogP contribution in [0.5, 0.6) is 0 Å². The van der Waals surface area contributed by atoms with E-state index in [1.54, 1.807) is 11.8 Å². The van der Waals surface area contributed by atoms with Crippen LogP contribution < -0.4 is 0 Å². The molecule has 6 heteroatoms. The fourth-order valence-electron chi connectivity index (χ4n) is 3.24. The van der Waals surface area contributed by atoms with Crippen LogP contribution in [-0.4, -0.2) is 52.4 Å². The summed E-state index contributed by atoms with van der Waals surface area (Å²) in [4.78, 5) is 0. The van der Waals surface area contributed by atoms with Crippen LogP contribution in [0.2, 0.25) is 0 Å². The molecule has 0 bridgehead atoms. The van der Waals surface area contributed by atoms with Crippen molar-refractivity contribution in [2.75, 3.05) is 12.4 Å². The molecule has 5 unspecified atom stereocenters. The summed E-state index contributed by atoms with van der Waals surface area (Å²) >= 11 is 1.59. The number of rotatable bonds is 9. The van der Waals surface area contributed by atoms with Gasteiger partial charge < -0.3 is 24.4 Å². The molecule has 0 radical (unpaired) electrons. The molecule has 2 aromatic carbocycles. The van der Waals surface area contributed by atoms with Crippen molar-refractivity contribution in [2.24, 2.45) is 0 Å². The maximum atomic E-state index is 10.8. The van der Waals surface area contributed by atoms with Gasteiger partial charge in [-0.1, -0.05) is 67.6 Å². The predicted molar refractivity (Wildman–Crippen MR) is 110 cm³/mol. The summed E-state index contributed by atoms with van der Waals surface area (Å²) in [7, 11) is 0. The monoisotopic (exact) mass is 404 g/mol. The average Bonchev–Trinajstić information content (AvgIpc) is 2.74. The van der Waals surface area contributed by atoms with Crippen LogP contribution in [-0.2, 0) is 27.4 Å². The van der Waals surface area contributed by atoms with Gasteiger partial charge >= 0.3 is 0 Å². The van der Waals surface area contributed by atoms with Crippen molar-refractivity contribution >= 4 is 11.8 Å². The highest BCUT2D eigenvalue weighted by atomic mass is 32.2. The Kier molecular flexibility index (Phi) is 8.33. The molecule has 1 fully saturated rings. The third-order valence-corrected chi connectivity index (χ3v) is 5.74. The summed E-state index contributed by atoms with van der Waals surface area (Å²) < 4.78 is 18.2. The molecule has 5 atom stereocenters. The number of aliphatic hydroxyl groups excluding tert-OH is 2. The van der Waals surface area contributed by atoms with Gasteiger partial charge in [0.25, 0.3) is 0 Å².